The third-order valence-electron chi connectivity index (χ3n) is 8.19. The molecule has 4 aliphatic carbocycles. The van der Waals surface area contributed by atoms with Gasteiger partial charge in [-0.1, -0.05) is 18.2 Å². The molecule has 1 aliphatic heterocycles. The Kier molecular flexibility index (Phi) is 5.24. The summed E-state index contributed by atoms with van der Waals surface area (Å²) in [6, 6.07) is 7.63. The number of hydrogen-bond acceptors (Lipinski definition) is 3. The number of para-hydroxylation sites is 1. The molecule has 0 radical (unpaired) electrons. The van der Waals surface area contributed by atoms with Crippen molar-refractivity contribution in [2.24, 2.45) is 23.2 Å². The summed E-state index contributed by atoms with van der Waals surface area (Å²) in [6.45, 7) is 1.31. The first kappa shape index (κ1) is 19.9. The smallest absolute Gasteiger partial charge is 0.242 e. The van der Waals surface area contributed by atoms with E-state index in [1.54, 1.807) is 7.11 Å². The first-order chi connectivity index (χ1) is 14.6. The number of benzene rings is 1. The Bertz CT molecular complexity index is 785. The minimum Gasteiger partial charge on any atom is -0.496 e. The fourth-order valence-corrected chi connectivity index (χ4v) is 7.31. The van der Waals surface area contributed by atoms with Crippen molar-refractivity contribution in [2.75, 3.05) is 20.2 Å². The van der Waals surface area contributed by atoms with Crippen LogP contribution in [0.1, 0.15) is 56.9 Å². The number of nitrogens with zero attached hydrogens (tertiary/aromatic N) is 1. The lowest BCUT2D eigenvalue weighted by Gasteiger charge is -2.56. The summed E-state index contributed by atoms with van der Waals surface area (Å²) >= 11 is 0. The molecule has 1 saturated heterocycles. The molecule has 5 aliphatic rings. The largest absolute Gasteiger partial charge is 0.496 e. The maximum Gasteiger partial charge on any atom is 0.242 e. The van der Waals surface area contributed by atoms with Crippen molar-refractivity contribution in [3.63, 3.8) is 0 Å². The second kappa shape index (κ2) is 7.90. The van der Waals surface area contributed by atoms with Crippen molar-refractivity contribution >= 4 is 11.8 Å². The summed E-state index contributed by atoms with van der Waals surface area (Å²) in [4.78, 5) is 28.7. The monoisotopic (exact) mass is 410 g/mol. The van der Waals surface area contributed by atoms with E-state index in [4.69, 9.17) is 4.74 Å². The van der Waals surface area contributed by atoms with E-state index in [2.05, 4.69) is 5.32 Å². The van der Waals surface area contributed by atoms with Crippen LogP contribution in [0.5, 0.6) is 5.75 Å². The Balaban J connectivity index is 1.22. The van der Waals surface area contributed by atoms with Gasteiger partial charge in [-0.05, 0) is 87.2 Å². The fraction of sp³-hybridized carbons (Fsp3) is 0.680. The number of ether oxygens (including phenoxy) is 1. The third kappa shape index (κ3) is 3.50. The van der Waals surface area contributed by atoms with E-state index in [1.165, 1.54) is 19.3 Å². The van der Waals surface area contributed by atoms with Gasteiger partial charge in [-0.2, -0.15) is 0 Å². The fourth-order valence-electron chi connectivity index (χ4n) is 7.31. The number of amides is 2. The highest BCUT2D eigenvalue weighted by Crippen LogP contribution is 2.60. The summed E-state index contributed by atoms with van der Waals surface area (Å²) in [6.07, 6.45) is 9.65. The van der Waals surface area contributed by atoms with Crippen molar-refractivity contribution in [3.05, 3.63) is 29.8 Å². The molecular formula is C25H34N2O3. The van der Waals surface area contributed by atoms with E-state index in [1.807, 2.05) is 29.2 Å². The zero-order valence-corrected chi connectivity index (χ0v) is 18.1. The van der Waals surface area contributed by atoms with Gasteiger partial charge in [0.15, 0.2) is 0 Å². The number of methoxy groups -OCH3 is 1. The quantitative estimate of drug-likeness (QED) is 0.780. The minimum atomic E-state index is -0.289. The van der Waals surface area contributed by atoms with Gasteiger partial charge in [0.05, 0.1) is 12.5 Å². The maximum atomic E-state index is 13.7. The molecule has 5 fully saturated rings. The lowest BCUT2D eigenvalue weighted by atomic mass is 9.49. The Hall–Kier alpha value is -2.04. The Morgan fingerprint density at radius 2 is 1.77 bits per heavy atom. The van der Waals surface area contributed by atoms with E-state index in [0.717, 1.165) is 74.1 Å². The van der Waals surface area contributed by atoms with Crippen LogP contribution in [0.25, 0.3) is 0 Å². The molecule has 2 amide bonds. The molecule has 1 heterocycles. The van der Waals surface area contributed by atoms with Gasteiger partial charge in [-0.3, -0.25) is 9.59 Å². The number of carbonyl (C=O) groups excluding carboxylic acids is 2. The summed E-state index contributed by atoms with van der Waals surface area (Å²) in [5.41, 5.74) is 0.933. The predicted molar refractivity (Wildman–Crippen MR) is 115 cm³/mol. The van der Waals surface area contributed by atoms with E-state index in [-0.39, 0.29) is 17.4 Å². The summed E-state index contributed by atoms with van der Waals surface area (Å²) in [5, 5.41) is 3.09. The highest BCUT2D eigenvalue weighted by atomic mass is 16.5. The molecule has 5 heteroatoms. The average Bonchev–Trinajstić information content (AvgIpc) is 3.22. The highest BCUT2D eigenvalue weighted by Gasteiger charge is 2.56. The second-order valence-electron chi connectivity index (χ2n) is 10.2. The van der Waals surface area contributed by atoms with Crippen molar-refractivity contribution in [2.45, 2.75) is 63.8 Å². The van der Waals surface area contributed by atoms with Crippen LogP contribution < -0.4 is 10.1 Å². The van der Waals surface area contributed by atoms with Crippen molar-refractivity contribution < 1.29 is 14.3 Å². The topological polar surface area (TPSA) is 58.6 Å². The lowest BCUT2D eigenvalue weighted by Crippen LogP contribution is -2.57. The molecule has 6 rings (SSSR count). The molecule has 1 atom stereocenters. The van der Waals surface area contributed by atoms with Crippen LogP contribution in [0.3, 0.4) is 0 Å². The molecule has 162 valence electrons. The van der Waals surface area contributed by atoms with E-state index in [9.17, 15) is 9.59 Å². The minimum absolute atomic E-state index is 0.0143. The van der Waals surface area contributed by atoms with Gasteiger partial charge in [0.2, 0.25) is 11.8 Å². The van der Waals surface area contributed by atoms with Crippen LogP contribution in [0.15, 0.2) is 24.3 Å². The highest BCUT2D eigenvalue weighted by molar-refractivity contribution is 5.91. The zero-order valence-electron chi connectivity index (χ0n) is 18.1. The van der Waals surface area contributed by atoms with Gasteiger partial charge in [0, 0.05) is 13.1 Å². The normalized spacial score (nSPS) is 34.2. The molecule has 1 N–H and O–H groups in total. The molecular weight excluding hydrogens is 376 g/mol. The van der Waals surface area contributed by atoms with Crippen LogP contribution in [-0.4, -0.2) is 43.0 Å². The van der Waals surface area contributed by atoms with Gasteiger partial charge in [-0.25, -0.2) is 0 Å². The molecule has 0 aromatic heterocycles. The molecule has 4 bridgehead atoms. The SMILES string of the molecule is COc1ccccc1CCNC(=O)[C@H]1CCCN1C(=O)C12CC3CC(CC(C3)C1)C2. The molecule has 4 saturated carbocycles. The Morgan fingerprint density at radius 3 is 2.43 bits per heavy atom. The molecule has 1 aromatic rings. The predicted octanol–water partition coefficient (Wildman–Crippen LogP) is 3.56. The van der Waals surface area contributed by atoms with Crippen molar-refractivity contribution in [1.29, 1.82) is 0 Å². The maximum absolute atomic E-state index is 13.7. The van der Waals surface area contributed by atoms with Crippen LogP contribution in [0.4, 0.5) is 0 Å². The van der Waals surface area contributed by atoms with E-state index in [0.29, 0.717) is 12.5 Å². The summed E-state index contributed by atoms with van der Waals surface area (Å²) in [5.74, 6) is 3.40. The zero-order chi connectivity index (χ0) is 20.7. The first-order valence-corrected chi connectivity index (χ1v) is 11.8. The van der Waals surface area contributed by atoms with Crippen LogP contribution in [0.2, 0.25) is 0 Å². The molecule has 0 spiro atoms. The van der Waals surface area contributed by atoms with Crippen molar-refractivity contribution in [3.8, 4) is 5.75 Å². The van der Waals surface area contributed by atoms with Crippen molar-refractivity contribution in [1.82, 2.24) is 10.2 Å². The molecule has 0 unspecified atom stereocenters. The summed E-state index contributed by atoms with van der Waals surface area (Å²) in [7, 11) is 1.67. The third-order valence-corrected chi connectivity index (χ3v) is 8.19. The van der Waals surface area contributed by atoms with Crippen LogP contribution in [-0.2, 0) is 16.0 Å². The standard InChI is InChI=1S/C25H34N2O3/c1-30-22-7-3-2-5-20(22)8-9-26-23(28)21-6-4-10-27(21)24(29)25-14-17-11-18(15-25)13-19(12-17)16-25/h2-3,5,7,17-19,21H,4,6,8-16H2,1H3,(H,26,28)/t17?,18?,19?,21-,25?/m1/s1. The number of likely N-dealkylation sites (tertiary alicyclic amines) is 1. The Labute approximate surface area is 179 Å². The van der Waals surface area contributed by atoms with Gasteiger partial charge in [-0.15, -0.1) is 0 Å². The number of nitrogens with one attached hydrogen (secondary N) is 1. The van der Waals surface area contributed by atoms with E-state index >= 15 is 0 Å². The number of rotatable bonds is 6. The van der Waals surface area contributed by atoms with Crippen LogP contribution in [0, 0.1) is 23.2 Å². The lowest BCUT2D eigenvalue weighted by molar-refractivity contribution is -0.160. The molecule has 30 heavy (non-hydrogen) atoms. The second-order valence-corrected chi connectivity index (χ2v) is 10.2. The average molecular weight is 411 g/mol. The van der Waals surface area contributed by atoms with Gasteiger partial charge in [0.1, 0.15) is 11.8 Å². The molecule has 5 nitrogen and oxygen atoms in total. The van der Waals surface area contributed by atoms with Gasteiger partial charge < -0.3 is 15.0 Å². The van der Waals surface area contributed by atoms with Gasteiger partial charge in [0.25, 0.3) is 0 Å². The summed E-state index contributed by atoms with van der Waals surface area (Å²) < 4.78 is 5.40. The Morgan fingerprint density at radius 1 is 1.10 bits per heavy atom. The van der Waals surface area contributed by atoms with Crippen LogP contribution >= 0.6 is 0 Å². The number of carbonyl (C=O) groups is 2. The first-order valence-electron chi connectivity index (χ1n) is 11.8. The van der Waals surface area contributed by atoms with E-state index < -0.39 is 0 Å². The molecule has 1 aromatic carbocycles. The van der Waals surface area contributed by atoms with Gasteiger partial charge >= 0.3 is 0 Å². The number of hydrogen-bond donors (Lipinski definition) is 1.